The lowest BCUT2D eigenvalue weighted by molar-refractivity contribution is -0.137. The third-order valence-electron chi connectivity index (χ3n) is 6.60. The summed E-state index contributed by atoms with van der Waals surface area (Å²) in [4.78, 5) is 14.5. The molecular weight excluding hydrogens is 567 g/mol. The lowest BCUT2D eigenvalue weighted by Crippen LogP contribution is -2.53. The maximum Gasteiger partial charge on any atom is 0.416 e. The predicted molar refractivity (Wildman–Crippen MR) is 144 cm³/mol. The van der Waals surface area contributed by atoms with Crippen LogP contribution in [0.1, 0.15) is 16.7 Å². The van der Waals surface area contributed by atoms with Gasteiger partial charge in [-0.3, -0.25) is 9.10 Å². The van der Waals surface area contributed by atoms with Crippen molar-refractivity contribution in [2.24, 2.45) is 0 Å². The van der Waals surface area contributed by atoms with Crippen LogP contribution in [0.4, 0.5) is 18.9 Å². The molecule has 0 aliphatic carbocycles. The number of alkyl halides is 3. The molecule has 3 aromatic rings. The molecule has 0 unspecified atom stereocenters. The lowest BCUT2D eigenvalue weighted by atomic mass is 10.2. The van der Waals surface area contributed by atoms with Crippen LogP contribution in [0.15, 0.2) is 82.6 Å². The van der Waals surface area contributed by atoms with Gasteiger partial charge in [-0.05, 0) is 56.3 Å². The molecule has 0 spiro atoms. The summed E-state index contributed by atoms with van der Waals surface area (Å²) in [6.07, 6.45) is -4.72. The van der Waals surface area contributed by atoms with Crippen molar-refractivity contribution in [3.63, 3.8) is 0 Å². The Morgan fingerprint density at radius 2 is 1.32 bits per heavy atom. The summed E-state index contributed by atoms with van der Waals surface area (Å²) in [6, 6.07) is 15.9. The van der Waals surface area contributed by atoms with Crippen molar-refractivity contribution in [1.82, 2.24) is 9.21 Å². The number of carbonyl (C=O) groups is 1. The number of halogens is 3. The van der Waals surface area contributed by atoms with Gasteiger partial charge in [-0.1, -0.05) is 41.5 Å². The minimum absolute atomic E-state index is 0.00899. The van der Waals surface area contributed by atoms with E-state index in [1.165, 1.54) is 39.5 Å². The van der Waals surface area contributed by atoms with E-state index in [1.807, 2.05) is 6.92 Å². The first-order valence-corrected chi connectivity index (χ1v) is 15.2. The largest absolute Gasteiger partial charge is 0.416 e. The van der Waals surface area contributed by atoms with Gasteiger partial charge in [0.15, 0.2) is 0 Å². The fourth-order valence-corrected chi connectivity index (χ4v) is 7.08. The number of carbonyl (C=O) groups excluding carboxylic acids is 1. The minimum atomic E-state index is -4.72. The van der Waals surface area contributed by atoms with Crippen LogP contribution in [-0.2, 0) is 31.0 Å². The average molecular weight is 596 g/mol. The van der Waals surface area contributed by atoms with Gasteiger partial charge in [-0.15, -0.1) is 0 Å². The smallest absolute Gasteiger partial charge is 0.338 e. The number of rotatable bonds is 7. The highest BCUT2D eigenvalue weighted by Gasteiger charge is 2.35. The maximum atomic E-state index is 13.6. The highest BCUT2D eigenvalue weighted by molar-refractivity contribution is 7.92. The molecule has 4 rings (SSSR count). The van der Waals surface area contributed by atoms with Crippen LogP contribution in [0.2, 0.25) is 0 Å². The lowest BCUT2D eigenvalue weighted by Gasteiger charge is -2.35. The third kappa shape index (κ3) is 6.31. The molecule has 214 valence electrons. The first-order chi connectivity index (χ1) is 18.7. The average Bonchev–Trinajstić information content (AvgIpc) is 2.91. The molecule has 1 heterocycles. The molecule has 1 aliphatic rings. The number of benzene rings is 3. The zero-order valence-electron chi connectivity index (χ0n) is 21.8. The van der Waals surface area contributed by atoms with Crippen molar-refractivity contribution in [2.75, 3.05) is 37.0 Å². The summed E-state index contributed by atoms with van der Waals surface area (Å²) in [5, 5.41) is 0. The monoisotopic (exact) mass is 595 g/mol. The molecule has 0 bridgehead atoms. The van der Waals surface area contributed by atoms with Crippen LogP contribution in [0.25, 0.3) is 0 Å². The normalized spacial score (nSPS) is 15.2. The van der Waals surface area contributed by atoms with Crippen LogP contribution in [-0.4, -0.2) is 64.7 Å². The quantitative estimate of drug-likeness (QED) is 0.411. The van der Waals surface area contributed by atoms with E-state index in [2.05, 4.69) is 0 Å². The summed E-state index contributed by atoms with van der Waals surface area (Å²) >= 11 is 0. The molecule has 0 radical (unpaired) electrons. The Morgan fingerprint density at radius 1 is 0.800 bits per heavy atom. The molecule has 0 aromatic heterocycles. The Kier molecular flexibility index (Phi) is 8.29. The van der Waals surface area contributed by atoms with Gasteiger partial charge in [0.25, 0.3) is 10.0 Å². The third-order valence-corrected chi connectivity index (χ3v) is 10.3. The molecule has 1 fully saturated rings. The van der Waals surface area contributed by atoms with E-state index in [4.69, 9.17) is 0 Å². The zero-order chi connectivity index (χ0) is 29.3. The Labute approximate surface area is 231 Å². The van der Waals surface area contributed by atoms with Gasteiger partial charge in [0.1, 0.15) is 6.54 Å². The van der Waals surface area contributed by atoms with Crippen molar-refractivity contribution in [1.29, 1.82) is 0 Å². The van der Waals surface area contributed by atoms with Crippen molar-refractivity contribution in [3.05, 3.63) is 89.5 Å². The molecule has 40 heavy (non-hydrogen) atoms. The molecule has 3 aromatic carbocycles. The molecule has 1 aliphatic heterocycles. The highest BCUT2D eigenvalue weighted by Crippen LogP contribution is 2.33. The number of amides is 1. The van der Waals surface area contributed by atoms with Crippen molar-refractivity contribution in [3.8, 4) is 0 Å². The first-order valence-electron chi connectivity index (χ1n) is 12.3. The standard InChI is InChI=1S/C27H28F3N3O5S2/c1-20-6-10-24(11-7-20)39(35,36)32-16-14-31(15-17-32)26(34)19-33(23-5-3-4-22(18-23)27(28,29)30)40(37,38)25-12-8-21(2)9-13-25/h3-13,18H,14-17,19H2,1-2H3. The Bertz CT molecular complexity index is 1580. The molecule has 1 amide bonds. The number of piperazine rings is 1. The van der Waals surface area contributed by atoms with Crippen molar-refractivity contribution < 1.29 is 34.8 Å². The minimum Gasteiger partial charge on any atom is -0.338 e. The fourth-order valence-electron chi connectivity index (χ4n) is 4.25. The van der Waals surface area contributed by atoms with E-state index in [-0.39, 0.29) is 41.7 Å². The topological polar surface area (TPSA) is 95.1 Å². The first kappa shape index (κ1) is 29.6. The molecule has 0 atom stereocenters. The molecule has 0 saturated carbocycles. The molecule has 1 saturated heterocycles. The van der Waals surface area contributed by atoms with Crippen molar-refractivity contribution in [2.45, 2.75) is 29.8 Å². The second-order valence-electron chi connectivity index (χ2n) is 9.47. The maximum absolute atomic E-state index is 13.6. The second-order valence-corrected chi connectivity index (χ2v) is 13.3. The van der Waals surface area contributed by atoms with E-state index < -0.39 is 44.2 Å². The molecule has 8 nitrogen and oxygen atoms in total. The number of anilines is 1. The van der Waals surface area contributed by atoms with Crippen molar-refractivity contribution >= 4 is 31.6 Å². The Morgan fingerprint density at radius 3 is 1.85 bits per heavy atom. The van der Waals surface area contributed by atoms with Crippen LogP contribution >= 0.6 is 0 Å². The number of hydrogen-bond donors (Lipinski definition) is 0. The summed E-state index contributed by atoms with van der Waals surface area (Å²) in [5.74, 6) is -0.666. The van der Waals surface area contributed by atoms with Gasteiger partial charge in [0.05, 0.1) is 21.0 Å². The Balaban J connectivity index is 1.57. The van der Waals surface area contributed by atoms with Gasteiger partial charge >= 0.3 is 6.18 Å². The second kappa shape index (κ2) is 11.2. The SMILES string of the molecule is Cc1ccc(S(=O)(=O)N2CCN(C(=O)CN(c3cccc(C(F)(F)F)c3)S(=O)(=O)c3ccc(C)cc3)CC2)cc1. The van der Waals surface area contributed by atoms with Gasteiger partial charge in [-0.2, -0.15) is 17.5 Å². The molecular formula is C27H28F3N3O5S2. The van der Waals surface area contributed by atoms with E-state index in [0.29, 0.717) is 10.4 Å². The van der Waals surface area contributed by atoms with Gasteiger partial charge < -0.3 is 4.90 Å². The van der Waals surface area contributed by atoms with Crippen LogP contribution in [0, 0.1) is 13.8 Å². The van der Waals surface area contributed by atoms with E-state index in [9.17, 15) is 34.8 Å². The number of nitrogens with zero attached hydrogens (tertiary/aromatic N) is 3. The summed E-state index contributed by atoms with van der Waals surface area (Å²) in [6.45, 7) is 2.77. The number of aryl methyl sites for hydroxylation is 2. The Hall–Kier alpha value is -3.42. The predicted octanol–water partition coefficient (Wildman–Crippen LogP) is 4.05. The van der Waals surface area contributed by atoms with E-state index >= 15 is 0 Å². The summed E-state index contributed by atoms with van der Waals surface area (Å²) in [7, 11) is -8.22. The molecule has 0 N–H and O–H groups in total. The summed E-state index contributed by atoms with van der Waals surface area (Å²) in [5.41, 5.74) is 0.306. The molecule has 13 heteroatoms. The van der Waals surface area contributed by atoms with E-state index in [1.54, 1.807) is 31.2 Å². The van der Waals surface area contributed by atoms with E-state index in [0.717, 1.165) is 23.3 Å². The highest BCUT2D eigenvalue weighted by atomic mass is 32.2. The van der Waals surface area contributed by atoms with Gasteiger partial charge in [-0.25, -0.2) is 16.8 Å². The van der Waals surface area contributed by atoms with Crippen LogP contribution in [0.5, 0.6) is 0 Å². The van der Waals surface area contributed by atoms with Crippen LogP contribution < -0.4 is 4.31 Å². The van der Waals surface area contributed by atoms with Gasteiger partial charge in [0, 0.05) is 26.2 Å². The number of hydrogen-bond acceptors (Lipinski definition) is 5. The van der Waals surface area contributed by atoms with Gasteiger partial charge in [0.2, 0.25) is 15.9 Å². The number of sulfonamides is 2. The fraction of sp³-hybridized carbons (Fsp3) is 0.296. The van der Waals surface area contributed by atoms with Crippen LogP contribution in [0.3, 0.4) is 0 Å². The zero-order valence-corrected chi connectivity index (χ0v) is 23.4. The summed E-state index contributed by atoms with van der Waals surface area (Å²) < 4.78 is 95.3.